The van der Waals surface area contributed by atoms with Crippen molar-refractivity contribution in [2.75, 3.05) is 0 Å². The maximum atomic E-state index is 12.3. The Bertz CT molecular complexity index is 536. The van der Waals surface area contributed by atoms with Gasteiger partial charge in [-0.2, -0.15) is 0 Å². The largest absolute Gasteiger partial charge is 0.409 e. The third-order valence-corrected chi connectivity index (χ3v) is 4.09. The average molecular weight is 273 g/mol. The van der Waals surface area contributed by atoms with E-state index in [9.17, 15) is 4.79 Å². The van der Waals surface area contributed by atoms with E-state index in [1.165, 1.54) is 25.7 Å². The van der Waals surface area contributed by atoms with E-state index in [1.54, 1.807) is 24.3 Å². The molecule has 2 fully saturated rings. The van der Waals surface area contributed by atoms with Gasteiger partial charge in [-0.3, -0.25) is 4.79 Å². The summed E-state index contributed by atoms with van der Waals surface area (Å²) in [6.07, 6.45) is 4.91. The van der Waals surface area contributed by atoms with Gasteiger partial charge in [-0.25, -0.2) is 0 Å². The van der Waals surface area contributed by atoms with Crippen LogP contribution in [0.2, 0.25) is 0 Å². The van der Waals surface area contributed by atoms with E-state index in [-0.39, 0.29) is 11.7 Å². The van der Waals surface area contributed by atoms with Gasteiger partial charge in [0.15, 0.2) is 5.84 Å². The first-order valence-electron chi connectivity index (χ1n) is 7.08. The van der Waals surface area contributed by atoms with Crippen LogP contribution in [0.25, 0.3) is 0 Å². The zero-order valence-electron chi connectivity index (χ0n) is 11.2. The van der Waals surface area contributed by atoms with Crippen molar-refractivity contribution < 1.29 is 10.0 Å². The van der Waals surface area contributed by atoms with E-state index < -0.39 is 0 Å². The highest BCUT2D eigenvalue weighted by Gasteiger charge is 2.42. The fraction of sp³-hybridized carbons (Fsp3) is 0.467. The second kappa shape index (κ2) is 5.15. The van der Waals surface area contributed by atoms with E-state index in [2.05, 4.69) is 10.5 Å². The van der Waals surface area contributed by atoms with Gasteiger partial charge in [0.2, 0.25) is 0 Å². The number of hydrogen-bond acceptors (Lipinski definition) is 3. The maximum absolute atomic E-state index is 12.3. The molecule has 5 nitrogen and oxygen atoms in total. The Labute approximate surface area is 117 Å². The number of amides is 1. The Morgan fingerprint density at radius 3 is 2.40 bits per heavy atom. The van der Waals surface area contributed by atoms with Crippen molar-refractivity contribution in [2.45, 2.75) is 31.7 Å². The van der Waals surface area contributed by atoms with Crippen LogP contribution in [0.3, 0.4) is 0 Å². The highest BCUT2D eigenvalue weighted by Crippen LogP contribution is 2.44. The molecule has 20 heavy (non-hydrogen) atoms. The summed E-state index contributed by atoms with van der Waals surface area (Å²) in [6, 6.07) is 7.19. The average Bonchev–Trinajstić information content (AvgIpc) is 3.36. The molecule has 0 atom stereocenters. The van der Waals surface area contributed by atoms with Gasteiger partial charge in [0.1, 0.15) is 0 Å². The molecule has 0 aliphatic heterocycles. The Morgan fingerprint density at radius 2 is 1.85 bits per heavy atom. The van der Waals surface area contributed by atoms with Gasteiger partial charge in [0, 0.05) is 17.2 Å². The maximum Gasteiger partial charge on any atom is 0.251 e. The van der Waals surface area contributed by atoms with Crippen LogP contribution in [0.1, 0.15) is 41.6 Å². The van der Waals surface area contributed by atoms with Crippen LogP contribution in [0.15, 0.2) is 29.4 Å². The van der Waals surface area contributed by atoms with E-state index in [0.29, 0.717) is 29.0 Å². The fourth-order valence-electron chi connectivity index (χ4n) is 2.64. The molecule has 5 heteroatoms. The first kappa shape index (κ1) is 13.0. The highest BCUT2D eigenvalue weighted by molar-refractivity contribution is 6.01. The van der Waals surface area contributed by atoms with Gasteiger partial charge in [0.25, 0.3) is 5.91 Å². The van der Waals surface area contributed by atoms with Crippen LogP contribution in [0.4, 0.5) is 0 Å². The SMILES string of the molecule is NC(=NO)c1cccc(C(=O)NC(C2CC2)C2CC2)c1. The van der Waals surface area contributed by atoms with Gasteiger partial charge in [0.05, 0.1) is 0 Å². The number of carbonyl (C=O) groups excluding carboxylic acids is 1. The predicted octanol–water partition coefficient (Wildman–Crippen LogP) is 1.70. The standard InChI is InChI=1S/C15H19N3O2/c16-14(18-20)11-2-1-3-12(8-11)15(19)17-13(9-4-5-9)10-6-7-10/h1-3,8-10,13,20H,4-7H2,(H2,16,18)(H,17,19). The smallest absolute Gasteiger partial charge is 0.251 e. The minimum Gasteiger partial charge on any atom is -0.409 e. The second-order valence-electron chi connectivity index (χ2n) is 5.74. The molecule has 0 heterocycles. The van der Waals surface area contributed by atoms with Crippen molar-refractivity contribution in [2.24, 2.45) is 22.7 Å². The normalized spacial score (nSPS) is 19.1. The first-order valence-corrected chi connectivity index (χ1v) is 7.08. The van der Waals surface area contributed by atoms with Crippen molar-refractivity contribution in [1.29, 1.82) is 0 Å². The fourth-order valence-corrected chi connectivity index (χ4v) is 2.64. The highest BCUT2D eigenvalue weighted by atomic mass is 16.4. The summed E-state index contributed by atoms with van der Waals surface area (Å²) in [4.78, 5) is 12.3. The van der Waals surface area contributed by atoms with Crippen LogP contribution >= 0.6 is 0 Å². The molecule has 0 aromatic heterocycles. The molecule has 2 saturated carbocycles. The third kappa shape index (κ3) is 2.76. The van der Waals surface area contributed by atoms with E-state index in [0.717, 1.165) is 0 Å². The zero-order valence-corrected chi connectivity index (χ0v) is 11.2. The summed E-state index contributed by atoms with van der Waals surface area (Å²) in [6.45, 7) is 0. The summed E-state index contributed by atoms with van der Waals surface area (Å²) in [7, 11) is 0. The quantitative estimate of drug-likeness (QED) is 0.330. The molecule has 1 aromatic rings. The van der Waals surface area contributed by atoms with Crippen LogP contribution in [0, 0.1) is 11.8 Å². The molecule has 0 spiro atoms. The predicted molar refractivity (Wildman–Crippen MR) is 75.7 cm³/mol. The third-order valence-electron chi connectivity index (χ3n) is 4.09. The number of rotatable bonds is 5. The van der Waals surface area contributed by atoms with Gasteiger partial charge in [-0.05, 0) is 49.7 Å². The monoisotopic (exact) mass is 273 g/mol. The van der Waals surface area contributed by atoms with Crippen molar-refractivity contribution in [3.63, 3.8) is 0 Å². The van der Waals surface area contributed by atoms with E-state index >= 15 is 0 Å². The minimum atomic E-state index is -0.0682. The van der Waals surface area contributed by atoms with Crippen molar-refractivity contribution >= 4 is 11.7 Å². The van der Waals surface area contributed by atoms with Crippen LogP contribution in [0.5, 0.6) is 0 Å². The summed E-state index contributed by atoms with van der Waals surface area (Å²) in [5, 5.41) is 14.8. The molecule has 4 N–H and O–H groups in total. The zero-order chi connectivity index (χ0) is 14.1. The topological polar surface area (TPSA) is 87.7 Å². The number of nitrogens with zero attached hydrogens (tertiary/aromatic N) is 1. The van der Waals surface area contributed by atoms with Gasteiger partial charge < -0.3 is 16.3 Å². The van der Waals surface area contributed by atoms with Crippen LogP contribution < -0.4 is 11.1 Å². The lowest BCUT2D eigenvalue weighted by molar-refractivity contribution is 0.0926. The van der Waals surface area contributed by atoms with Gasteiger partial charge in [-0.15, -0.1) is 0 Å². The molecule has 0 radical (unpaired) electrons. The molecule has 0 saturated heterocycles. The molecule has 2 aliphatic rings. The van der Waals surface area contributed by atoms with Crippen molar-refractivity contribution in [3.05, 3.63) is 35.4 Å². The lowest BCUT2D eigenvalue weighted by Gasteiger charge is -2.17. The summed E-state index contributed by atoms with van der Waals surface area (Å²) >= 11 is 0. The van der Waals surface area contributed by atoms with Crippen LogP contribution in [-0.2, 0) is 0 Å². The molecule has 3 rings (SSSR count). The molecule has 0 unspecified atom stereocenters. The molecule has 1 amide bonds. The lowest BCUT2D eigenvalue weighted by atomic mass is 10.1. The number of oxime groups is 1. The van der Waals surface area contributed by atoms with Crippen LogP contribution in [-0.4, -0.2) is 23.0 Å². The molecular weight excluding hydrogens is 254 g/mol. The summed E-state index contributed by atoms with van der Waals surface area (Å²) < 4.78 is 0. The van der Waals surface area contributed by atoms with Gasteiger partial charge in [-0.1, -0.05) is 17.3 Å². The Kier molecular flexibility index (Phi) is 3.34. The lowest BCUT2D eigenvalue weighted by Crippen LogP contribution is -2.38. The van der Waals surface area contributed by atoms with Crippen molar-refractivity contribution in [3.8, 4) is 0 Å². The molecule has 0 bridgehead atoms. The Balaban J connectivity index is 1.73. The molecular formula is C15H19N3O2. The van der Waals surface area contributed by atoms with Crippen molar-refractivity contribution in [1.82, 2.24) is 5.32 Å². The molecule has 1 aromatic carbocycles. The number of hydrogen-bond donors (Lipinski definition) is 3. The second-order valence-corrected chi connectivity index (χ2v) is 5.74. The summed E-state index contributed by atoms with van der Waals surface area (Å²) in [5.74, 6) is 1.28. The Morgan fingerprint density at radius 1 is 1.25 bits per heavy atom. The number of amidine groups is 1. The van der Waals surface area contributed by atoms with E-state index in [1.807, 2.05) is 0 Å². The minimum absolute atomic E-state index is 0.0144. The number of carbonyl (C=O) groups is 1. The summed E-state index contributed by atoms with van der Waals surface area (Å²) in [5.41, 5.74) is 6.66. The molecule has 106 valence electrons. The van der Waals surface area contributed by atoms with E-state index in [4.69, 9.17) is 10.9 Å². The number of nitrogens with one attached hydrogen (secondary N) is 1. The Hall–Kier alpha value is -2.04. The first-order chi connectivity index (χ1) is 9.69. The number of benzene rings is 1. The van der Waals surface area contributed by atoms with Gasteiger partial charge >= 0.3 is 0 Å². The number of nitrogens with two attached hydrogens (primary N) is 1. The molecule has 2 aliphatic carbocycles.